The molecule has 3 aromatic carbocycles. The van der Waals surface area contributed by atoms with Gasteiger partial charge < -0.3 is 9.67 Å². The summed E-state index contributed by atoms with van der Waals surface area (Å²) in [7, 11) is 0. The zero-order chi connectivity index (χ0) is 21.1. The van der Waals surface area contributed by atoms with Crippen molar-refractivity contribution >= 4 is 28.5 Å². The van der Waals surface area contributed by atoms with Crippen LogP contribution < -0.4 is 0 Å². The van der Waals surface area contributed by atoms with E-state index in [1.165, 1.54) is 17.7 Å². The summed E-state index contributed by atoms with van der Waals surface area (Å²) in [6.07, 6.45) is 1.90. The normalized spacial score (nSPS) is 11.4. The summed E-state index contributed by atoms with van der Waals surface area (Å²) >= 11 is 0. The molecule has 0 unspecified atom stereocenters. The maximum atomic E-state index is 11.1. The van der Waals surface area contributed by atoms with E-state index >= 15 is 0 Å². The second-order valence-electron chi connectivity index (χ2n) is 7.14. The van der Waals surface area contributed by atoms with Crippen molar-refractivity contribution in [3.05, 3.63) is 107 Å². The Kier molecular flexibility index (Phi) is 5.19. The zero-order valence-corrected chi connectivity index (χ0v) is 16.5. The van der Waals surface area contributed by atoms with Crippen LogP contribution in [0.5, 0.6) is 0 Å². The van der Waals surface area contributed by atoms with Crippen LogP contribution in [-0.4, -0.2) is 15.6 Å². The van der Waals surface area contributed by atoms with Gasteiger partial charge in [-0.2, -0.15) is 5.26 Å². The van der Waals surface area contributed by atoms with Gasteiger partial charge in [-0.15, -0.1) is 0 Å². The maximum absolute atomic E-state index is 11.1. The van der Waals surface area contributed by atoms with Crippen LogP contribution in [0.4, 0.5) is 0 Å². The van der Waals surface area contributed by atoms with E-state index in [0.717, 1.165) is 28.7 Å². The number of hydrogen-bond acceptors (Lipinski definition) is 2. The molecule has 0 bridgehead atoms. The summed E-state index contributed by atoms with van der Waals surface area (Å²) in [6, 6.07) is 27.1. The molecule has 30 heavy (non-hydrogen) atoms. The molecule has 0 radical (unpaired) electrons. The molecule has 4 aromatic rings. The molecule has 4 heteroatoms. The van der Waals surface area contributed by atoms with Crippen LogP contribution in [0.3, 0.4) is 0 Å². The number of nitrogens with zero attached hydrogens (tertiary/aromatic N) is 2. The minimum atomic E-state index is -0.983. The van der Waals surface area contributed by atoms with Crippen LogP contribution in [0.1, 0.15) is 32.7 Å². The van der Waals surface area contributed by atoms with Crippen LogP contribution in [0.15, 0.2) is 78.9 Å². The average molecular weight is 392 g/mol. The van der Waals surface area contributed by atoms with E-state index < -0.39 is 5.97 Å². The second-order valence-corrected chi connectivity index (χ2v) is 7.14. The lowest BCUT2D eigenvalue weighted by Gasteiger charge is -2.09. The van der Waals surface area contributed by atoms with Crippen LogP contribution in [0.25, 0.3) is 22.6 Å². The molecule has 146 valence electrons. The standard InChI is InChI=1S/C26H20N2O2/c1-18-24(15-22(16-27)20-11-13-21(14-12-20)26(29)30)23-9-5-6-10-25(23)28(18)17-19-7-3-2-4-8-19/h2-15H,17H2,1H3,(H,29,30)/b22-15-. The minimum absolute atomic E-state index is 0.201. The SMILES string of the molecule is Cc1c(/C=C(/C#N)c2ccc(C(=O)O)cc2)c2ccccc2n1Cc1ccccc1. The van der Waals surface area contributed by atoms with Crippen molar-refractivity contribution in [2.75, 3.05) is 0 Å². The lowest BCUT2D eigenvalue weighted by atomic mass is 10.0. The van der Waals surface area contributed by atoms with Gasteiger partial charge in [-0.25, -0.2) is 4.79 Å². The second kappa shape index (κ2) is 8.10. The molecule has 0 saturated heterocycles. The zero-order valence-electron chi connectivity index (χ0n) is 16.5. The molecular weight excluding hydrogens is 372 g/mol. The van der Waals surface area contributed by atoms with Crippen molar-refractivity contribution in [2.24, 2.45) is 0 Å². The van der Waals surface area contributed by atoms with Crippen LogP contribution >= 0.6 is 0 Å². The quantitative estimate of drug-likeness (QED) is 0.439. The smallest absolute Gasteiger partial charge is 0.335 e. The molecule has 1 aromatic heterocycles. The summed E-state index contributed by atoms with van der Waals surface area (Å²) in [5.41, 5.74) is 5.80. The monoisotopic (exact) mass is 392 g/mol. The summed E-state index contributed by atoms with van der Waals surface area (Å²) in [6.45, 7) is 2.81. The van der Waals surface area contributed by atoms with E-state index in [9.17, 15) is 10.1 Å². The largest absolute Gasteiger partial charge is 0.478 e. The lowest BCUT2D eigenvalue weighted by Crippen LogP contribution is -2.01. The van der Waals surface area contributed by atoms with E-state index in [1.54, 1.807) is 12.1 Å². The number of benzene rings is 3. The van der Waals surface area contributed by atoms with Gasteiger partial charge in [0.05, 0.1) is 17.2 Å². The Morgan fingerprint density at radius 2 is 1.60 bits per heavy atom. The number of carbonyl (C=O) groups is 1. The molecule has 0 aliphatic heterocycles. The third-order valence-electron chi connectivity index (χ3n) is 5.32. The Bertz CT molecular complexity index is 1290. The van der Waals surface area contributed by atoms with Gasteiger partial charge >= 0.3 is 5.97 Å². The van der Waals surface area contributed by atoms with Crippen molar-refractivity contribution in [3.63, 3.8) is 0 Å². The van der Waals surface area contributed by atoms with Crippen molar-refractivity contribution in [2.45, 2.75) is 13.5 Å². The van der Waals surface area contributed by atoms with Gasteiger partial charge in [0.2, 0.25) is 0 Å². The van der Waals surface area contributed by atoms with E-state index in [1.807, 2.05) is 36.4 Å². The van der Waals surface area contributed by atoms with Crippen molar-refractivity contribution < 1.29 is 9.90 Å². The fraction of sp³-hybridized carbons (Fsp3) is 0.0769. The van der Waals surface area contributed by atoms with Crippen LogP contribution in [-0.2, 0) is 6.54 Å². The van der Waals surface area contributed by atoms with Gasteiger partial charge in [0.25, 0.3) is 0 Å². The van der Waals surface area contributed by atoms with Crippen molar-refractivity contribution in [3.8, 4) is 6.07 Å². The molecule has 0 spiro atoms. The predicted molar refractivity (Wildman–Crippen MR) is 119 cm³/mol. The molecule has 1 heterocycles. The van der Waals surface area contributed by atoms with Crippen molar-refractivity contribution in [1.82, 2.24) is 4.57 Å². The van der Waals surface area contributed by atoms with Gasteiger partial charge in [0.15, 0.2) is 0 Å². The molecule has 0 saturated carbocycles. The summed E-state index contributed by atoms with van der Waals surface area (Å²) < 4.78 is 2.26. The first-order valence-corrected chi connectivity index (χ1v) is 9.66. The Morgan fingerprint density at radius 3 is 2.27 bits per heavy atom. The number of fused-ring (bicyclic) bond motifs is 1. The molecule has 0 aliphatic carbocycles. The molecule has 0 fully saturated rings. The third kappa shape index (κ3) is 3.61. The van der Waals surface area contributed by atoms with Crippen LogP contribution in [0.2, 0.25) is 0 Å². The van der Waals surface area contributed by atoms with Gasteiger partial charge in [-0.3, -0.25) is 0 Å². The lowest BCUT2D eigenvalue weighted by molar-refractivity contribution is 0.0697. The first kappa shape index (κ1) is 19.2. The molecule has 1 N–H and O–H groups in total. The highest BCUT2D eigenvalue weighted by Crippen LogP contribution is 2.30. The van der Waals surface area contributed by atoms with E-state index in [0.29, 0.717) is 11.1 Å². The third-order valence-corrected chi connectivity index (χ3v) is 5.32. The van der Waals surface area contributed by atoms with Crippen molar-refractivity contribution in [1.29, 1.82) is 5.26 Å². The number of aromatic carboxylic acids is 1. The average Bonchev–Trinajstić information content (AvgIpc) is 3.04. The predicted octanol–water partition coefficient (Wildman–Crippen LogP) is 5.76. The van der Waals surface area contributed by atoms with Gasteiger partial charge in [0.1, 0.15) is 0 Å². The molecule has 0 atom stereocenters. The Labute approximate surface area is 174 Å². The highest BCUT2D eigenvalue weighted by Gasteiger charge is 2.14. The number of nitriles is 1. The number of rotatable bonds is 5. The Balaban J connectivity index is 1.83. The van der Waals surface area contributed by atoms with Gasteiger partial charge in [-0.1, -0.05) is 60.7 Å². The summed E-state index contributed by atoms with van der Waals surface area (Å²) in [4.78, 5) is 11.1. The highest BCUT2D eigenvalue weighted by atomic mass is 16.4. The van der Waals surface area contributed by atoms with E-state index in [-0.39, 0.29) is 5.56 Å². The Morgan fingerprint density at radius 1 is 0.967 bits per heavy atom. The molecule has 0 aliphatic rings. The fourth-order valence-electron chi connectivity index (χ4n) is 3.73. The highest BCUT2D eigenvalue weighted by molar-refractivity contribution is 5.99. The molecule has 4 nitrogen and oxygen atoms in total. The number of aromatic nitrogens is 1. The van der Waals surface area contributed by atoms with E-state index in [2.05, 4.69) is 41.8 Å². The fourth-order valence-corrected chi connectivity index (χ4v) is 3.73. The van der Waals surface area contributed by atoms with Crippen LogP contribution in [0, 0.1) is 18.3 Å². The molecule has 4 rings (SSSR count). The first-order valence-electron chi connectivity index (χ1n) is 9.66. The van der Waals surface area contributed by atoms with Gasteiger partial charge in [-0.05, 0) is 42.3 Å². The first-order chi connectivity index (χ1) is 14.6. The minimum Gasteiger partial charge on any atom is -0.478 e. The number of para-hydroxylation sites is 1. The maximum Gasteiger partial charge on any atom is 0.335 e. The summed E-state index contributed by atoms with van der Waals surface area (Å²) in [5, 5.41) is 20.0. The number of carboxylic acids is 1. The molecular formula is C26H20N2O2. The number of hydrogen-bond donors (Lipinski definition) is 1. The van der Waals surface area contributed by atoms with E-state index in [4.69, 9.17) is 5.11 Å². The number of allylic oxidation sites excluding steroid dienone is 1. The van der Waals surface area contributed by atoms with Gasteiger partial charge in [0, 0.05) is 28.7 Å². The topological polar surface area (TPSA) is 66.0 Å². The summed E-state index contributed by atoms with van der Waals surface area (Å²) in [5.74, 6) is -0.983. The Hall–Kier alpha value is -4.10. The number of carboxylic acid groups (broad SMARTS) is 1. The molecule has 0 amide bonds.